The Morgan fingerprint density at radius 2 is 2.00 bits per heavy atom. The van der Waals surface area contributed by atoms with E-state index in [9.17, 15) is 0 Å². The molecule has 0 aromatic heterocycles. The number of rotatable bonds is 2. The Hall–Kier alpha value is -2.20. The van der Waals surface area contributed by atoms with Crippen LogP contribution in [0.15, 0.2) is 30.3 Å². The summed E-state index contributed by atoms with van der Waals surface area (Å²) >= 11 is 0. The van der Waals surface area contributed by atoms with Crippen LogP contribution in [0.25, 0.3) is 11.1 Å². The number of methoxy groups -OCH3 is 2. The Labute approximate surface area is 130 Å². The van der Waals surface area contributed by atoms with Gasteiger partial charge in [0, 0.05) is 23.2 Å². The molecule has 2 aliphatic heterocycles. The van der Waals surface area contributed by atoms with Gasteiger partial charge in [-0.2, -0.15) is 0 Å². The van der Waals surface area contributed by atoms with Gasteiger partial charge in [-0.25, -0.2) is 0 Å². The molecule has 4 nitrogen and oxygen atoms in total. The molecule has 0 bridgehead atoms. The quantitative estimate of drug-likeness (QED) is 0.851. The predicted molar refractivity (Wildman–Crippen MR) is 84.7 cm³/mol. The summed E-state index contributed by atoms with van der Waals surface area (Å²) in [4.78, 5) is 2.25. The minimum Gasteiger partial charge on any atom is -0.497 e. The van der Waals surface area contributed by atoms with Crippen LogP contribution in [0.2, 0.25) is 0 Å². The van der Waals surface area contributed by atoms with Gasteiger partial charge < -0.3 is 14.2 Å². The number of benzene rings is 2. The lowest BCUT2D eigenvalue weighted by Gasteiger charge is -2.39. The van der Waals surface area contributed by atoms with Gasteiger partial charge in [0.1, 0.15) is 17.2 Å². The zero-order valence-corrected chi connectivity index (χ0v) is 13.1. The lowest BCUT2D eigenvalue weighted by molar-refractivity contribution is 0.0330. The molecule has 0 N–H and O–H groups in total. The van der Waals surface area contributed by atoms with Crippen molar-refractivity contribution in [2.45, 2.75) is 12.6 Å². The van der Waals surface area contributed by atoms with Gasteiger partial charge in [0.05, 0.1) is 14.2 Å². The van der Waals surface area contributed by atoms with Gasteiger partial charge in [0.25, 0.3) is 0 Å². The third-order valence-electron chi connectivity index (χ3n) is 4.59. The molecule has 2 aromatic rings. The van der Waals surface area contributed by atoms with Gasteiger partial charge in [-0.3, -0.25) is 4.90 Å². The van der Waals surface area contributed by atoms with Crippen LogP contribution in [-0.2, 0) is 6.42 Å². The van der Waals surface area contributed by atoms with E-state index >= 15 is 0 Å². The van der Waals surface area contributed by atoms with Gasteiger partial charge in [-0.1, -0.05) is 6.07 Å². The van der Waals surface area contributed by atoms with Crippen LogP contribution in [0.3, 0.4) is 0 Å². The van der Waals surface area contributed by atoms with Gasteiger partial charge in [-0.05, 0) is 43.3 Å². The Bertz CT molecular complexity index is 741. The maximum atomic E-state index is 6.27. The second-order valence-corrected chi connectivity index (χ2v) is 5.78. The standard InChI is InChI=1S/C18H19NO3/c1-19-9-8-11-4-6-15(21-3)17-13-10-12(20-2)5-7-14(13)22-18(19)16(11)17/h4-7,10,18H,8-9H2,1-3H3. The first-order valence-electron chi connectivity index (χ1n) is 7.48. The largest absolute Gasteiger partial charge is 0.497 e. The van der Waals surface area contributed by atoms with E-state index in [1.807, 2.05) is 18.2 Å². The third-order valence-corrected chi connectivity index (χ3v) is 4.59. The summed E-state index contributed by atoms with van der Waals surface area (Å²) < 4.78 is 17.3. The lowest BCUT2D eigenvalue weighted by atomic mass is 9.87. The van der Waals surface area contributed by atoms with Gasteiger partial charge in [-0.15, -0.1) is 0 Å². The molecule has 0 aliphatic carbocycles. The maximum Gasteiger partial charge on any atom is 0.179 e. The topological polar surface area (TPSA) is 30.9 Å². The van der Waals surface area contributed by atoms with Gasteiger partial charge in [0.2, 0.25) is 0 Å². The lowest BCUT2D eigenvalue weighted by Crippen LogP contribution is -2.37. The first kappa shape index (κ1) is 13.5. The van der Waals surface area contributed by atoms with Crippen LogP contribution in [0.5, 0.6) is 17.2 Å². The fraction of sp³-hybridized carbons (Fsp3) is 0.333. The van der Waals surface area contributed by atoms with Crippen molar-refractivity contribution in [2.24, 2.45) is 0 Å². The average Bonchev–Trinajstić information content (AvgIpc) is 2.57. The van der Waals surface area contributed by atoms with E-state index in [1.165, 1.54) is 11.1 Å². The molecule has 0 saturated carbocycles. The van der Waals surface area contributed by atoms with Crippen molar-refractivity contribution >= 4 is 0 Å². The highest BCUT2D eigenvalue weighted by molar-refractivity contribution is 5.83. The first-order chi connectivity index (χ1) is 10.7. The molecule has 0 saturated heterocycles. The zero-order valence-electron chi connectivity index (χ0n) is 13.1. The fourth-order valence-corrected chi connectivity index (χ4v) is 3.43. The molecular weight excluding hydrogens is 278 g/mol. The van der Waals surface area contributed by atoms with E-state index in [4.69, 9.17) is 14.2 Å². The number of ether oxygens (including phenoxy) is 3. The van der Waals surface area contributed by atoms with Crippen molar-refractivity contribution in [1.29, 1.82) is 0 Å². The monoisotopic (exact) mass is 297 g/mol. The molecule has 1 atom stereocenters. The molecule has 0 radical (unpaired) electrons. The average molecular weight is 297 g/mol. The van der Waals surface area contributed by atoms with E-state index in [1.54, 1.807) is 14.2 Å². The van der Waals surface area contributed by atoms with Crippen LogP contribution < -0.4 is 14.2 Å². The predicted octanol–water partition coefficient (Wildman–Crippen LogP) is 3.25. The molecule has 2 aliphatic rings. The number of hydrogen-bond donors (Lipinski definition) is 0. The van der Waals surface area contributed by atoms with Crippen molar-refractivity contribution in [3.05, 3.63) is 41.5 Å². The van der Waals surface area contributed by atoms with E-state index in [2.05, 4.69) is 24.1 Å². The van der Waals surface area contributed by atoms with Crippen LogP contribution >= 0.6 is 0 Å². The second-order valence-electron chi connectivity index (χ2n) is 5.78. The molecule has 4 rings (SSSR count). The van der Waals surface area contributed by atoms with Crippen LogP contribution in [0.1, 0.15) is 17.4 Å². The Morgan fingerprint density at radius 3 is 2.77 bits per heavy atom. The minimum absolute atomic E-state index is 0.0465. The summed E-state index contributed by atoms with van der Waals surface area (Å²) in [7, 11) is 5.50. The first-order valence-corrected chi connectivity index (χ1v) is 7.48. The fourth-order valence-electron chi connectivity index (χ4n) is 3.43. The smallest absolute Gasteiger partial charge is 0.179 e. The molecule has 0 fully saturated rings. The summed E-state index contributed by atoms with van der Waals surface area (Å²) in [5.74, 6) is 2.59. The summed E-state index contributed by atoms with van der Waals surface area (Å²) in [6, 6.07) is 10.2. The molecule has 4 heteroatoms. The van der Waals surface area contributed by atoms with E-state index in [0.29, 0.717) is 0 Å². The Morgan fingerprint density at radius 1 is 1.14 bits per heavy atom. The van der Waals surface area contributed by atoms with Crippen molar-refractivity contribution in [3.8, 4) is 28.4 Å². The second kappa shape index (κ2) is 4.92. The summed E-state index contributed by atoms with van der Waals surface area (Å²) in [6.07, 6.45) is 0.983. The minimum atomic E-state index is -0.0465. The SMILES string of the molecule is COc1ccc2c(c1)-c1c(OC)ccc3c1C(O2)N(C)CC3. The number of nitrogens with zero attached hydrogens (tertiary/aromatic N) is 1. The van der Waals surface area contributed by atoms with Crippen LogP contribution in [0, 0.1) is 0 Å². The molecule has 1 unspecified atom stereocenters. The van der Waals surface area contributed by atoms with Crippen molar-refractivity contribution in [1.82, 2.24) is 4.90 Å². The summed E-state index contributed by atoms with van der Waals surface area (Å²) in [5.41, 5.74) is 4.75. The van der Waals surface area contributed by atoms with Crippen molar-refractivity contribution in [2.75, 3.05) is 27.8 Å². The Kier molecular flexibility index (Phi) is 3.01. The molecule has 2 heterocycles. The Balaban J connectivity index is 2.03. The highest BCUT2D eigenvalue weighted by Crippen LogP contribution is 2.51. The number of fused-ring (bicyclic) bond motifs is 2. The molecule has 0 spiro atoms. The molecule has 114 valence electrons. The van der Waals surface area contributed by atoms with E-state index in [0.717, 1.165) is 41.3 Å². The summed E-state index contributed by atoms with van der Waals surface area (Å²) in [6.45, 7) is 0.995. The van der Waals surface area contributed by atoms with Crippen molar-refractivity contribution in [3.63, 3.8) is 0 Å². The third kappa shape index (κ3) is 1.80. The molecule has 0 amide bonds. The summed E-state index contributed by atoms with van der Waals surface area (Å²) in [5, 5.41) is 0. The molecular formula is C18H19NO3. The molecule has 2 aromatic carbocycles. The highest BCUT2D eigenvalue weighted by Gasteiger charge is 2.36. The maximum absolute atomic E-state index is 6.27. The van der Waals surface area contributed by atoms with Gasteiger partial charge >= 0.3 is 0 Å². The molecule has 22 heavy (non-hydrogen) atoms. The van der Waals surface area contributed by atoms with Crippen LogP contribution in [-0.4, -0.2) is 32.7 Å². The van der Waals surface area contributed by atoms with E-state index in [-0.39, 0.29) is 6.23 Å². The zero-order chi connectivity index (χ0) is 15.3. The number of likely N-dealkylation sites (N-methyl/N-ethyl adjacent to an activating group) is 1. The van der Waals surface area contributed by atoms with Crippen molar-refractivity contribution < 1.29 is 14.2 Å². The van der Waals surface area contributed by atoms with Crippen LogP contribution in [0.4, 0.5) is 0 Å². The van der Waals surface area contributed by atoms with E-state index < -0.39 is 0 Å². The number of hydrogen-bond acceptors (Lipinski definition) is 4. The van der Waals surface area contributed by atoms with Gasteiger partial charge in [0.15, 0.2) is 6.23 Å². The normalized spacial score (nSPS) is 19.0. The highest BCUT2D eigenvalue weighted by atomic mass is 16.5.